The topological polar surface area (TPSA) is 68.7 Å². The number of ether oxygens (including phenoxy) is 2. The summed E-state index contributed by atoms with van der Waals surface area (Å²) in [5, 5.41) is 0.504. The van der Waals surface area contributed by atoms with Crippen LogP contribution in [0.15, 0.2) is 54.7 Å². The molecule has 1 atom stereocenters. The highest BCUT2D eigenvalue weighted by Crippen LogP contribution is 2.36. The smallest absolute Gasteiger partial charge is 0.310 e. The number of hydrogen-bond acceptors (Lipinski definition) is 5. The average molecular weight is 483 g/mol. The number of esters is 1. The average Bonchev–Trinajstić information content (AvgIpc) is 3.35. The van der Waals surface area contributed by atoms with Gasteiger partial charge in [0.25, 0.3) is 5.91 Å². The van der Waals surface area contributed by atoms with Crippen molar-refractivity contribution < 1.29 is 23.5 Å². The van der Waals surface area contributed by atoms with Gasteiger partial charge in [0.05, 0.1) is 25.7 Å². The zero-order valence-electron chi connectivity index (χ0n) is 18.9. The molecule has 1 aromatic heterocycles. The third-order valence-corrected chi connectivity index (χ3v) is 6.20. The Hall–Kier alpha value is -3.45. The quantitative estimate of drug-likeness (QED) is 0.473. The van der Waals surface area contributed by atoms with Gasteiger partial charge in [-0.2, -0.15) is 0 Å². The van der Waals surface area contributed by atoms with Crippen molar-refractivity contribution in [1.82, 2.24) is 9.88 Å². The Morgan fingerprint density at radius 3 is 2.68 bits per heavy atom. The molecule has 1 aliphatic rings. The summed E-state index contributed by atoms with van der Waals surface area (Å²) in [4.78, 5) is 30.4. The van der Waals surface area contributed by atoms with Crippen molar-refractivity contribution in [2.45, 2.75) is 12.8 Å². The van der Waals surface area contributed by atoms with Gasteiger partial charge in [0.1, 0.15) is 17.3 Å². The first-order valence-electron chi connectivity index (χ1n) is 10.8. The Labute approximate surface area is 202 Å². The summed E-state index contributed by atoms with van der Waals surface area (Å²) in [5.74, 6) is -0.833. The molecular formula is C26H24ClFN2O4. The predicted molar refractivity (Wildman–Crippen MR) is 126 cm³/mol. The second-order valence-corrected chi connectivity index (χ2v) is 8.55. The molecule has 0 aliphatic carbocycles. The number of carbonyl (C=O) groups excluding carboxylic acids is 2. The molecule has 4 rings (SSSR count). The van der Waals surface area contributed by atoms with Crippen LogP contribution in [-0.2, 0) is 16.0 Å². The van der Waals surface area contributed by atoms with E-state index in [2.05, 4.69) is 4.98 Å². The van der Waals surface area contributed by atoms with Gasteiger partial charge in [0, 0.05) is 30.7 Å². The number of hydrogen-bond donors (Lipinski definition) is 0. The SMILES string of the molecule is COC(=O)C1CCN(C(=O)c2ccc(Cc3ccc(OC)c(-c4cccc(Cl)c4)c3F)cn2)C1. The lowest BCUT2D eigenvalue weighted by molar-refractivity contribution is -0.144. The van der Waals surface area contributed by atoms with Crippen LogP contribution in [0.4, 0.5) is 4.39 Å². The highest BCUT2D eigenvalue weighted by Gasteiger charge is 2.32. The molecule has 34 heavy (non-hydrogen) atoms. The second-order valence-electron chi connectivity index (χ2n) is 8.11. The molecule has 1 amide bonds. The lowest BCUT2D eigenvalue weighted by atomic mass is 9.97. The maximum Gasteiger partial charge on any atom is 0.310 e. The molecule has 2 heterocycles. The number of rotatable bonds is 6. The fourth-order valence-corrected chi connectivity index (χ4v) is 4.35. The van der Waals surface area contributed by atoms with E-state index in [1.165, 1.54) is 14.2 Å². The van der Waals surface area contributed by atoms with Crippen molar-refractivity contribution in [2.75, 3.05) is 27.3 Å². The molecule has 1 fully saturated rings. The number of halogens is 2. The zero-order chi connectivity index (χ0) is 24.2. The third-order valence-electron chi connectivity index (χ3n) is 5.97. The van der Waals surface area contributed by atoms with E-state index in [1.807, 2.05) is 0 Å². The second kappa shape index (κ2) is 10.2. The number of pyridine rings is 1. The van der Waals surface area contributed by atoms with Gasteiger partial charge in [-0.3, -0.25) is 14.6 Å². The largest absolute Gasteiger partial charge is 0.496 e. The fourth-order valence-electron chi connectivity index (χ4n) is 4.16. The van der Waals surface area contributed by atoms with E-state index >= 15 is 4.39 Å². The van der Waals surface area contributed by atoms with Crippen molar-refractivity contribution in [3.8, 4) is 16.9 Å². The number of carbonyl (C=O) groups is 2. The van der Waals surface area contributed by atoms with Crippen LogP contribution in [0.1, 0.15) is 28.0 Å². The van der Waals surface area contributed by atoms with Crippen molar-refractivity contribution in [3.63, 3.8) is 0 Å². The number of nitrogens with zero attached hydrogens (tertiary/aromatic N) is 2. The van der Waals surface area contributed by atoms with Gasteiger partial charge < -0.3 is 14.4 Å². The Morgan fingerprint density at radius 2 is 2.00 bits per heavy atom. The van der Waals surface area contributed by atoms with E-state index in [9.17, 15) is 9.59 Å². The number of likely N-dealkylation sites (tertiary alicyclic amines) is 1. The molecule has 1 saturated heterocycles. The molecule has 2 aromatic carbocycles. The molecule has 0 N–H and O–H groups in total. The maximum absolute atomic E-state index is 15.5. The standard InChI is InChI=1S/C26H24ClFN2O4/c1-33-22-9-7-18(24(28)23(22)17-4-3-5-20(27)13-17)12-16-6-8-21(29-14-16)25(31)30-11-10-19(15-30)26(32)34-2/h3-9,13-14,19H,10-12,15H2,1-2H3. The first-order valence-corrected chi connectivity index (χ1v) is 11.2. The summed E-state index contributed by atoms with van der Waals surface area (Å²) < 4.78 is 25.7. The minimum absolute atomic E-state index is 0.239. The maximum atomic E-state index is 15.5. The molecule has 3 aromatic rings. The fraction of sp³-hybridized carbons (Fsp3) is 0.269. The summed E-state index contributed by atoms with van der Waals surface area (Å²) in [6, 6.07) is 13.8. The molecule has 1 aliphatic heterocycles. The van der Waals surface area contributed by atoms with Crippen molar-refractivity contribution in [3.05, 3.63) is 82.4 Å². The molecule has 0 spiro atoms. The molecule has 6 nitrogen and oxygen atoms in total. The minimum Gasteiger partial charge on any atom is -0.496 e. The van der Waals surface area contributed by atoms with E-state index in [0.717, 1.165) is 5.56 Å². The van der Waals surface area contributed by atoms with E-state index in [1.54, 1.807) is 59.6 Å². The number of aromatic nitrogens is 1. The predicted octanol–water partition coefficient (Wildman–Crippen LogP) is 4.78. The summed E-state index contributed by atoms with van der Waals surface area (Å²) in [6.45, 7) is 0.795. The zero-order valence-corrected chi connectivity index (χ0v) is 19.6. The van der Waals surface area contributed by atoms with Crippen LogP contribution < -0.4 is 4.74 Å². The van der Waals surface area contributed by atoms with Crippen molar-refractivity contribution in [1.29, 1.82) is 0 Å². The van der Waals surface area contributed by atoms with Crippen LogP contribution >= 0.6 is 11.6 Å². The van der Waals surface area contributed by atoms with E-state index in [0.29, 0.717) is 53.4 Å². The van der Waals surface area contributed by atoms with E-state index < -0.39 is 5.82 Å². The number of amides is 1. The van der Waals surface area contributed by atoms with Crippen molar-refractivity contribution >= 4 is 23.5 Å². The Bertz CT molecular complexity index is 1220. The Kier molecular flexibility index (Phi) is 7.12. The summed E-state index contributed by atoms with van der Waals surface area (Å²) >= 11 is 6.10. The van der Waals surface area contributed by atoms with E-state index in [4.69, 9.17) is 21.1 Å². The van der Waals surface area contributed by atoms with Crippen LogP contribution in [0.5, 0.6) is 5.75 Å². The van der Waals surface area contributed by atoms with Crippen LogP contribution in [0, 0.1) is 11.7 Å². The van der Waals surface area contributed by atoms with Gasteiger partial charge in [-0.05, 0) is 47.4 Å². The first-order chi connectivity index (χ1) is 16.4. The van der Waals surface area contributed by atoms with E-state index in [-0.39, 0.29) is 23.5 Å². The highest BCUT2D eigenvalue weighted by atomic mass is 35.5. The van der Waals surface area contributed by atoms with Gasteiger partial charge in [-0.15, -0.1) is 0 Å². The van der Waals surface area contributed by atoms with Gasteiger partial charge in [-0.25, -0.2) is 4.39 Å². The molecule has 0 radical (unpaired) electrons. The minimum atomic E-state index is -0.396. The van der Waals surface area contributed by atoms with Gasteiger partial charge in [0.2, 0.25) is 0 Å². The van der Waals surface area contributed by atoms with Gasteiger partial charge in [0.15, 0.2) is 0 Å². The lowest BCUT2D eigenvalue weighted by Gasteiger charge is -2.16. The molecule has 0 saturated carbocycles. The molecule has 8 heteroatoms. The Morgan fingerprint density at radius 1 is 1.18 bits per heavy atom. The highest BCUT2D eigenvalue weighted by molar-refractivity contribution is 6.30. The van der Waals surface area contributed by atoms with Gasteiger partial charge >= 0.3 is 5.97 Å². The summed E-state index contributed by atoms with van der Waals surface area (Å²) in [6.07, 6.45) is 2.44. The Balaban J connectivity index is 1.52. The normalized spacial score (nSPS) is 15.3. The summed E-state index contributed by atoms with van der Waals surface area (Å²) in [5.41, 5.74) is 2.47. The van der Waals surface area contributed by atoms with Crippen molar-refractivity contribution in [2.24, 2.45) is 5.92 Å². The molecular weight excluding hydrogens is 459 g/mol. The third kappa shape index (κ3) is 4.89. The van der Waals surface area contributed by atoms with Crippen LogP contribution in [0.2, 0.25) is 5.02 Å². The molecule has 176 valence electrons. The summed E-state index contributed by atoms with van der Waals surface area (Å²) in [7, 11) is 2.84. The monoisotopic (exact) mass is 482 g/mol. The van der Waals surface area contributed by atoms with Crippen LogP contribution in [0.25, 0.3) is 11.1 Å². The lowest BCUT2D eigenvalue weighted by Crippen LogP contribution is -2.30. The number of methoxy groups -OCH3 is 2. The van der Waals surface area contributed by atoms with Crippen LogP contribution in [0.3, 0.4) is 0 Å². The van der Waals surface area contributed by atoms with Gasteiger partial charge in [-0.1, -0.05) is 35.9 Å². The molecule has 0 bridgehead atoms. The first kappa shape index (κ1) is 23.7. The molecule has 1 unspecified atom stereocenters. The van der Waals surface area contributed by atoms with Crippen LogP contribution in [-0.4, -0.2) is 49.1 Å². The number of benzene rings is 2.